The molecule has 3 rings (SSSR count). The van der Waals surface area contributed by atoms with Gasteiger partial charge in [0, 0.05) is 44.1 Å². The van der Waals surface area contributed by atoms with Gasteiger partial charge in [0.25, 0.3) is 0 Å². The minimum Gasteiger partial charge on any atom is -0.352 e. The third kappa shape index (κ3) is 5.16. The number of amides is 1. The second-order valence-electron chi connectivity index (χ2n) is 7.42. The summed E-state index contributed by atoms with van der Waals surface area (Å²) in [7, 11) is 0. The largest absolute Gasteiger partial charge is 0.352 e. The van der Waals surface area contributed by atoms with Gasteiger partial charge in [0.05, 0.1) is 6.54 Å². The third-order valence-corrected chi connectivity index (χ3v) is 5.82. The van der Waals surface area contributed by atoms with E-state index in [0.29, 0.717) is 24.4 Å². The molecule has 2 N–H and O–H groups in total. The Morgan fingerprint density at radius 2 is 2.24 bits per heavy atom. The second kappa shape index (κ2) is 9.51. The van der Waals surface area contributed by atoms with E-state index in [9.17, 15) is 4.79 Å². The molecule has 4 unspecified atom stereocenters. The summed E-state index contributed by atoms with van der Waals surface area (Å²) in [6.45, 7) is 7.74. The number of hydrogen-bond acceptors (Lipinski definition) is 4. The predicted molar refractivity (Wildman–Crippen MR) is 103 cm³/mol. The number of piperazine rings is 1. The minimum atomic E-state index is 0. The molecule has 2 aliphatic rings. The van der Waals surface area contributed by atoms with Gasteiger partial charge in [-0.1, -0.05) is 32.8 Å². The van der Waals surface area contributed by atoms with Crippen LogP contribution in [0.4, 0.5) is 0 Å². The van der Waals surface area contributed by atoms with Gasteiger partial charge in [-0.25, -0.2) is 0 Å². The zero-order valence-corrected chi connectivity index (χ0v) is 16.1. The lowest BCUT2D eigenvalue weighted by Gasteiger charge is -2.38. The van der Waals surface area contributed by atoms with Crippen molar-refractivity contribution in [2.45, 2.75) is 45.2 Å². The van der Waals surface area contributed by atoms with Crippen LogP contribution in [0.1, 0.15) is 44.7 Å². The molecule has 140 valence electrons. The van der Waals surface area contributed by atoms with Crippen molar-refractivity contribution in [3.05, 3.63) is 30.1 Å². The summed E-state index contributed by atoms with van der Waals surface area (Å²) >= 11 is 0. The molecule has 0 bridgehead atoms. The summed E-state index contributed by atoms with van der Waals surface area (Å²) in [6, 6.07) is 4.62. The van der Waals surface area contributed by atoms with Crippen molar-refractivity contribution in [1.29, 1.82) is 0 Å². The van der Waals surface area contributed by atoms with Crippen LogP contribution < -0.4 is 10.6 Å². The van der Waals surface area contributed by atoms with Gasteiger partial charge in [-0.15, -0.1) is 12.4 Å². The van der Waals surface area contributed by atoms with Crippen molar-refractivity contribution in [3.63, 3.8) is 0 Å². The number of nitrogens with zero attached hydrogens (tertiary/aromatic N) is 2. The minimum absolute atomic E-state index is 0. The Bertz CT molecular complexity index is 541. The standard InChI is InChI=1S/C19H30N4O.ClH/c1-14-5-3-7-17(15(14)2)22-19(24)13-23-10-9-21-12-18(23)16-6-4-8-20-11-16;/h4,6,8,11,14-15,17-18,21H,3,5,7,9-10,12-13H2,1-2H3,(H,22,24);1H. The van der Waals surface area contributed by atoms with Crippen molar-refractivity contribution in [1.82, 2.24) is 20.5 Å². The molecule has 5 nitrogen and oxygen atoms in total. The zero-order chi connectivity index (χ0) is 16.9. The Morgan fingerprint density at radius 3 is 3.00 bits per heavy atom. The fourth-order valence-electron chi connectivity index (χ4n) is 4.06. The van der Waals surface area contributed by atoms with Crippen molar-refractivity contribution >= 4 is 18.3 Å². The number of nitrogens with one attached hydrogen (secondary N) is 2. The van der Waals surface area contributed by atoms with Crippen LogP contribution in [0.5, 0.6) is 0 Å². The molecule has 2 fully saturated rings. The molecular formula is C19H31ClN4O. The van der Waals surface area contributed by atoms with Gasteiger partial charge >= 0.3 is 0 Å². The van der Waals surface area contributed by atoms with Crippen LogP contribution in [-0.4, -0.2) is 48.0 Å². The second-order valence-corrected chi connectivity index (χ2v) is 7.42. The third-order valence-electron chi connectivity index (χ3n) is 5.82. The van der Waals surface area contributed by atoms with Gasteiger partial charge in [0.15, 0.2) is 0 Å². The molecule has 6 heteroatoms. The molecule has 1 saturated heterocycles. The van der Waals surface area contributed by atoms with E-state index in [1.807, 2.05) is 12.3 Å². The average molecular weight is 367 g/mol. The number of halogens is 1. The molecule has 1 amide bonds. The number of carbonyl (C=O) groups is 1. The number of hydrogen-bond donors (Lipinski definition) is 2. The zero-order valence-electron chi connectivity index (χ0n) is 15.3. The molecular weight excluding hydrogens is 336 g/mol. The number of pyridine rings is 1. The summed E-state index contributed by atoms with van der Waals surface area (Å²) in [5.74, 6) is 1.43. The van der Waals surface area contributed by atoms with Gasteiger partial charge in [-0.05, 0) is 29.9 Å². The van der Waals surface area contributed by atoms with Gasteiger partial charge in [-0.3, -0.25) is 14.7 Å². The lowest BCUT2D eigenvalue weighted by atomic mass is 9.78. The van der Waals surface area contributed by atoms with Crippen molar-refractivity contribution in [2.24, 2.45) is 11.8 Å². The highest BCUT2D eigenvalue weighted by atomic mass is 35.5. The molecule has 25 heavy (non-hydrogen) atoms. The fourth-order valence-corrected chi connectivity index (χ4v) is 4.06. The summed E-state index contributed by atoms with van der Waals surface area (Å²) in [5, 5.41) is 6.73. The maximum Gasteiger partial charge on any atom is 0.234 e. The van der Waals surface area contributed by atoms with E-state index in [2.05, 4.69) is 40.4 Å². The molecule has 1 aliphatic heterocycles. The van der Waals surface area contributed by atoms with Crippen LogP contribution in [0.3, 0.4) is 0 Å². The molecule has 1 aromatic heterocycles. The van der Waals surface area contributed by atoms with Crippen LogP contribution in [0.2, 0.25) is 0 Å². The Kier molecular flexibility index (Phi) is 7.66. The van der Waals surface area contributed by atoms with E-state index in [4.69, 9.17) is 0 Å². The maximum absolute atomic E-state index is 12.6. The number of rotatable bonds is 4. The molecule has 2 heterocycles. The molecule has 1 saturated carbocycles. The molecule has 4 atom stereocenters. The Balaban J connectivity index is 0.00000225. The van der Waals surface area contributed by atoms with Crippen LogP contribution >= 0.6 is 12.4 Å². The first kappa shape index (κ1) is 20.1. The molecule has 0 radical (unpaired) electrons. The van der Waals surface area contributed by atoms with Crippen molar-refractivity contribution in [3.8, 4) is 0 Å². The monoisotopic (exact) mass is 366 g/mol. The highest BCUT2D eigenvalue weighted by Crippen LogP contribution is 2.29. The topological polar surface area (TPSA) is 57.3 Å². The van der Waals surface area contributed by atoms with Crippen LogP contribution in [0.25, 0.3) is 0 Å². The first-order chi connectivity index (χ1) is 11.6. The molecule has 0 aromatic carbocycles. The molecule has 0 spiro atoms. The van der Waals surface area contributed by atoms with Gasteiger partial charge in [0.1, 0.15) is 0 Å². The van der Waals surface area contributed by atoms with Crippen molar-refractivity contribution < 1.29 is 4.79 Å². The van der Waals surface area contributed by atoms with Crippen LogP contribution in [0.15, 0.2) is 24.5 Å². The smallest absolute Gasteiger partial charge is 0.234 e. The lowest BCUT2D eigenvalue weighted by molar-refractivity contribution is -0.124. The normalized spacial score (nSPS) is 30.3. The highest BCUT2D eigenvalue weighted by molar-refractivity contribution is 5.85. The first-order valence-electron chi connectivity index (χ1n) is 9.29. The summed E-state index contributed by atoms with van der Waals surface area (Å²) < 4.78 is 0. The van der Waals surface area contributed by atoms with E-state index < -0.39 is 0 Å². The Labute approximate surface area is 157 Å². The molecule has 1 aliphatic carbocycles. The molecule has 1 aromatic rings. The quantitative estimate of drug-likeness (QED) is 0.859. The lowest BCUT2D eigenvalue weighted by Crippen LogP contribution is -2.52. The van der Waals surface area contributed by atoms with E-state index in [1.165, 1.54) is 18.4 Å². The number of carbonyl (C=O) groups excluding carboxylic acids is 1. The Morgan fingerprint density at radius 1 is 1.40 bits per heavy atom. The predicted octanol–water partition coefficient (Wildman–Crippen LogP) is 2.39. The van der Waals surface area contributed by atoms with Gasteiger partial charge in [0.2, 0.25) is 5.91 Å². The van der Waals surface area contributed by atoms with E-state index in [1.54, 1.807) is 6.20 Å². The fraction of sp³-hybridized carbons (Fsp3) is 0.684. The van der Waals surface area contributed by atoms with E-state index >= 15 is 0 Å². The number of aromatic nitrogens is 1. The maximum atomic E-state index is 12.6. The summed E-state index contributed by atoms with van der Waals surface area (Å²) in [5.41, 5.74) is 1.18. The summed E-state index contributed by atoms with van der Waals surface area (Å²) in [4.78, 5) is 19.1. The Hall–Kier alpha value is -1.17. The van der Waals surface area contributed by atoms with Crippen LogP contribution in [0, 0.1) is 11.8 Å². The highest BCUT2D eigenvalue weighted by Gasteiger charge is 2.30. The van der Waals surface area contributed by atoms with Gasteiger partial charge in [-0.2, -0.15) is 0 Å². The van der Waals surface area contributed by atoms with Crippen molar-refractivity contribution in [2.75, 3.05) is 26.2 Å². The average Bonchev–Trinajstić information content (AvgIpc) is 2.60. The van der Waals surface area contributed by atoms with Gasteiger partial charge < -0.3 is 10.6 Å². The van der Waals surface area contributed by atoms with E-state index in [-0.39, 0.29) is 24.4 Å². The SMILES string of the molecule is CC1CCCC(NC(=O)CN2CCNCC2c2cccnc2)C1C.Cl. The van der Waals surface area contributed by atoms with E-state index in [0.717, 1.165) is 26.1 Å². The first-order valence-corrected chi connectivity index (χ1v) is 9.29. The van der Waals surface area contributed by atoms with Crippen LogP contribution in [-0.2, 0) is 4.79 Å². The summed E-state index contributed by atoms with van der Waals surface area (Å²) in [6.07, 6.45) is 7.33.